The fourth-order valence-corrected chi connectivity index (χ4v) is 7.85. The Bertz CT molecular complexity index is 2290. The molecule has 8 rings (SSSR count). The Labute approximate surface area is 316 Å². The number of ether oxygens (including phenoxy) is 1. The number of nitrogens with one attached hydrogen (secondary N) is 3. The molecule has 3 amide bonds. The molecule has 4 N–H and O–H groups in total. The Morgan fingerprint density at radius 3 is 2.40 bits per heavy atom. The van der Waals surface area contributed by atoms with Crippen LogP contribution in [0.25, 0.3) is 34.2 Å². The van der Waals surface area contributed by atoms with Gasteiger partial charge in [-0.3, -0.25) is 9.69 Å². The number of benzene rings is 3. The number of carboxylic acid groups (broad SMARTS) is 1. The lowest BCUT2D eigenvalue weighted by Gasteiger charge is -2.35. The van der Waals surface area contributed by atoms with Gasteiger partial charge in [0.25, 0.3) is 5.91 Å². The van der Waals surface area contributed by atoms with Crippen molar-refractivity contribution in [2.45, 2.75) is 49.7 Å². The first-order valence-corrected chi connectivity index (χ1v) is 18.3. The summed E-state index contributed by atoms with van der Waals surface area (Å²) in [6, 6.07) is 25.5. The van der Waals surface area contributed by atoms with E-state index in [-0.39, 0.29) is 11.9 Å². The highest BCUT2D eigenvalue weighted by atomic mass is 16.5. The third kappa shape index (κ3) is 6.94. The van der Waals surface area contributed by atoms with Crippen LogP contribution in [0.2, 0.25) is 0 Å². The molecule has 5 heterocycles. The number of oxazole rings is 1. The van der Waals surface area contributed by atoms with Crippen LogP contribution in [0.15, 0.2) is 108 Å². The Balaban J connectivity index is 0.978. The van der Waals surface area contributed by atoms with Crippen LogP contribution in [-0.4, -0.2) is 78.1 Å². The van der Waals surface area contributed by atoms with Gasteiger partial charge in [-0.1, -0.05) is 84.9 Å². The molecule has 0 radical (unpaired) electrons. The number of likely N-dealkylation sites (tertiary alicyclic amines) is 2. The van der Waals surface area contributed by atoms with Crippen molar-refractivity contribution in [3.63, 3.8) is 0 Å². The molecule has 2 fully saturated rings. The first-order valence-electron chi connectivity index (χ1n) is 18.3. The molecule has 0 spiro atoms. The van der Waals surface area contributed by atoms with E-state index in [2.05, 4.69) is 20.3 Å². The summed E-state index contributed by atoms with van der Waals surface area (Å²) >= 11 is 0. The molecule has 6 aromatic rings. The maximum absolute atomic E-state index is 13.9. The fraction of sp³-hybridized carbons (Fsp3) is 0.268. The van der Waals surface area contributed by atoms with Crippen molar-refractivity contribution in [2.24, 2.45) is 0 Å². The van der Waals surface area contributed by atoms with E-state index in [0.29, 0.717) is 60.5 Å². The smallest absolute Gasteiger partial charge is 0.408 e. The quantitative estimate of drug-likeness (QED) is 0.114. The first-order chi connectivity index (χ1) is 26.8. The summed E-state index contributed by atoms with van der Waals surface area (Å²) in [4.78, 5) is 62.4. The Kier molecular flexibility index (Phi) is 9.62. The number of hydrogen-bond donors (Lipinski definition) is 4. The molecular formula is C41H40N8O6. The highest BCUT2D eigenvalue weighted by Crippen LogP contribution is 2.41. The Morgan fingerprint density at radius 2 is 1.65 bits per heavy atom. The number of H-pyrrole nitrogens is 2. The lowest BCUT2D eigenvalue weighted by molar-refractivity contribution is -0.134. The summed E-state index contributed by atoms with van der Waals surface area (Å²) in [5.41, 5.74) is 3.75. The van der Waals surface area contributed by atoms with Gasteiger partial charge in [-0.05, 0) is 36.8 Å². The van der Waals surface area contributed by atoms with Crippen LogP contribution in [-0.2, 0) is 21.5 Å². The minimum Gasteiger partial charge on any atom is -0.465 e. The maximum Gasteiger partial charge on any atom is 0.408 e. The van der Waals surface area contributed by atoms with Gasteiger partial charge in [-0.15, -0.1) is 0 Å². The molecule has 2 aliphatic rings. The standard InChI is InChI=1S/C41H40N8O6/c1-54-39(51)47-34(29-12-6-3-7-13-29)37(50)48-20-8-14-32(48)35-42-23-30(45-35)27-15-17-28(18-16-27)33-25-43-36(55-33)31-24-44-38(46-31)41(19-9-21-49(41)40(52)53)22-26-10-4-2-5-11-26/h2-7,10-13,15-18,23-25,32,34H,8-9,14,19-22H2,1H3,(H,42,45)(H,44,46)(H,47,51)(H,52,53)/t32-,34+,41-/m0/s1. The van der Waals surface area contributed by atoms with Crippen LogP contribution in [0, 0.1) is 0 Å². The summed E-state index contributed by atoms with van der Waals surface area (Å²) in [6.07, 6.45) is 6.93. The zero-order valence-corrected chi connectivity index (χ0v) is 30.1. The van der Waals surface area contributed by atoms with Crippen molar-refractivity contribution in [1.29, 1.82) is 0 Å². The predicted molar refractivity (Wildman–Crippen MR) is 201 cm³/mol. The molecule has 0 aliphatic carbocycles. The number of carbonyl (C=O) groups excluding carboxylic acids is 2. The third-order valence-corrected chi connectivity index (χ3v) is 10.5. The highest BCUT2D eigenvalue weighted by molar-refractivity contribution is 5.87. The van der Waals surface area contributed by atoms with Gasteiger partial charge in [-0.25, -0.2) is 24.5 Å². The largest absolute Gasteiger partial charge is 0.465 e. The number of hydrogen-bond acceptors (Lipinski definition) is 8. The van der Waals surface area contributed by atoms with E-state index in [1.807, 2.05) is 79.0 Å². The van der Waals surface area contributed by atoms with Gasteiger partial charge in [0.15, 0.2) is 5.76 Å². The van der Waals surface area contributed by atoms with Gasteiger partial charge in [0.05, 0.1) is 25.0 Å². The van der Waals surface area contributed by atoms with Gasteiger partial charge in [0, 0.05) is 43.0 Å². The van der Waals surface area contributed by atoms with E-state index < -0.39 is 23.8 Å². The Hall–Kier alpha value is -6.70. The second-order valence-corrected chi connectivity index (χ2v) is 13.8. The fourth-order valence-electron chi connectivity index (χ4n) is 7.85. The van der Waals surface area contributed by atoms with E-state index >= 15 is 0 Å². The molecule has 14 nitrogen and oxygen atoms in total. The maximum atomic E-state index is 13.9. The molecule has 3 aromatic carbocycles. The molecule has 2 saturated heterocycles. The van der Waals surface area contributed by atoms with Crippen molar-refractivity contribution in [3.05, 3.63) is 126 Å². The van der Waals surface area contributed by atoms with Crippen LogP contribution in [0.4, 0.5) is 9.59 Å². The van der Waals surface area contributed by atoms with Crippen LogP contribution >= 0.6 is 0 Å². The third-order valence-electron chi connectivity index (χ3n) is 10.5. The molecule has 0 bridgehead atoms. The number of aromatic nitrogens is 5. The van der Waals surface area contributed by atoms with Gasteiger partial charge in [-0.2, -0.15) is 0 Å². The van der Waals surface area contributed by atoms with Crippen LogP contribution in [0.5, 0.6) is 0 Å². The molecule has 3 aromatic heterocycles. The molecule has 0 saturated carbocycles. The average Bonchev–Trinajstić information content (AvgIpc) is 4.07. The summed E-state index contributed by atoms with van der Waals surface area (Å²) < 4.78 is 11.0. The highest BCUT2D eigenvalue weighted by Gasteiger charge is 2.47. The first kappa shape index (κ1) is 35.3. The van der Waals surface area contributed by atoms with Gasteiger partial charge in [0.1, 0.15) is 28.9 Å². The Morgan fingerprint density at radius 1 is 0.927 bits per heavy atom. The molecule has 14 heteroatoms. The number of carbonyl (C=O) groups is 3. The predicted octanol–water partition coefficient (Wildman–Crippen LogP) is 7.09. The molecule has 55 heavy (non-hydrogen) atoms. The van der Waals surface area contributed by atoms with Crippen molar-refractivity contribution in [2.75, 3.05) is 20.2 Å². The topological polar surface area (TPSA) is 183 Å². The van der Waals surface area contributed by atoms with Gasteiger partial charge in [0.2, 0.25) is 5.89 Å². The van der Waals surface area contributed by atoms with E-state index in [1.165, 1.54) is 12.0 Å². The number of nitrogens with zero attached hydrogens (tertiary/aromatic N) is 5. The van der Waals surface area contributed by atoms with E-state index in [4.69, 9.17) is 19.1 Å². The lowest BCUT2D eigenvalue weighted by Crippen LogP contribution is -2.46. The van der Waals surface area contributed by atoms with Crippen LogP contribution < -0.4 is 5.32 Å². The zero-order chi connectivity index (χ0) is 37.9. The normalized spacial score (nSPS) is 18.7. The summed E-state index contributed by atoms with van der Waals surface area (Å²) in [5, 5.41) is 12.8. The lowest BCUT2D eigenvalue weighted by atomic mass is 9.87. The second-order valence-electron chi connectivity index (χ2n) is 13.8. The van der Waals surface area contributed by atoms with Crippen molar-refractivity contribution in [3.8, 4) is 34.2 Å². The second kappa shape index (κ2) is 15.0. The van der Waals surface area contributed by atoms with E-state index in [0.717, 1.165) is 41.6 Å². The van der Waals surface area contributed by atoms with Crippen LogP contribution in [0.1, 0.15) is 60.5 Å². The number of alkyl carbamates (subject to hydrolysis) is 1. The summed E-state index contributed by atoms with van der Waals surface area (Å²) in [5.74, 6) is 1.87. The molecular weight excluding hydrogens is 701 g/mol. The number of rotatable bonds is 10. The average molecular weight is 741 g/mol. The minimum absolute atomic E-state index is 0.230. The summed E-state index contributed by atoms with van der Waals surface area (Å²) in [7, 11) is 1.27. The molecule has 280 valence electrons. The number of imidazole rings is 2. The van der Waals surface area contributed by atoms with Crippen molar-refractivity contribution >= 4 is 18.1 Å². The minimum atomic E-state index is -0.975. The molecule has 2 aliphatic heterocycles. The van der Waals surface area contributed by atoms with Crippen molar-refractivity contribution in [1.82, 2.24) is 40.0 Å². The number of aromatic amines is 2. The molecule has 0 unspecified atom stereocenters. The molecule has 3 atom stereocenters. The SMILES string of the molecule is COC(=O)N[C@@H](C(=O)N1CCC[C@H]1c1nc(-c2ccc(-c3cnc(-c4c[nH]c([C@@]5(Cc6ccccc6)CCCN5C(=O)O)n4)o3)cc2)c[nH]1)c1ccccc1. The number of methoxy groups -OCH3 is 1. The van der Waals surface area contributed by atoms with E-state index in [9.17, 15) is 19.5 Å². The number of amides is 3. The monoisotopic (exact) mass is 740 g/mol. The van der Waals surface area contributed by atoms with Gasteiger partial charge < -0.3 is 34.4 Å². The zero-order valence-electron chi connectivity index (χ0n) is 30.1. The van der Waals surface area contributed by atoms with E-state index in [1.54, 1.807) is 29.4 Å². The van der Waals surface area contributed by atoms with Gasteiger partial charge >= 0.3 is 12.2 Å². The van der Waals surface area contributed by atoms with Crippen molar-refractivity contribution < 1.29 is 28.6 Å². The van der Waals surface area contributed by atoms with Crippen LogP contribution in [0.3, 0.4) is 0 Å². The summed E-state index contributed by atoms with van der Waals surface area (Å²) in [6.45, 7) is 0.968.